The number of rotatable bonds is 3. The van der Waals surface area contributed by atoms with Gasteiger partial charge in [-0.3, -0.25) is 0 Å². The number of hydrogen-bond donors (Lipinski definition) is 1. The van der Waals surface area contributed by atoms with Gasteiger partial charge in [-0.15, -0.1) is 0 Å². The first-order valence-electron chi connectivity index (χ1n) is 6.89. The SMILES string of the molecule is CN(c1cccc(C(N)=S)n1)C1CCC(C)(C)CC1. The molecule has 0 amide bonds. The number of aromatic nitrogens is 1. The second-order valence-corrected chi connectivity index (χ2v) is 6.69. The Hall–Kier alpha value is -1.16. The van der Waals surface area contributed by atoms with Crippen LogP contribution in [0, 0.1) is 5.41 Å². The van der Waals surface area contributed by atoms with Crippen molar-refractivity contribution in [2.24, 2.45) is 11.1 Å². The van der Waals surface area contributed by atoms with Crippen molar-refractivity contribution in [1.29, 1.82) is 0 Å². The molecule has 0 unspecified atom stereocenters. The molecule has 1 heterocycles. The summed E-state index contributed by atoms with van der Waals surface area (Å²) in [6.45, 7) is 4.71. The Morgan fingerprint density at radius 1 is 1.37 bits per heavy atom. The van der Waals surface area contributed by atoms with E-state index in [0.29, 0.717) is 22.1 Å². The van der Waals surface area contributed by atoms with Crippen molar-refractivity contribution in [3.63, 3.8) is 0 Å². The van der Waals surface area contributed by atoms with Crippen LogP contribution < -0.4 is 10.6 Å². The molecule has 0 saturated heterocycles. The molecular weight excluding hydrogens is 254 g/mol. The molecule has 0 spiro atoms. The van der Waals surface area contributed by atoms with Crippen LogP contribution in [-0.2, 0) is 0 Å². The van der Waals surface area contributed by atoms with Crippen molar-refractivity contribution in [2.75, 3.05) is 11.9 Å². The minimum atomic E-state index is 0.361. The summed E-state index contributed by atoms with van der Waals surface area (Å²) in [7, 11) is 2.12. The summed E-state index contributed by atoms with van der Waals surface area (Å²) >= 11 is 4.99. The molecule has 0 bridgehead atoms. The topological polar surface area (TPSA) is 42.1 Å². The highest BCUT2D eigenvalue weighted by Crippen LogP contribution is 2.37. The van der Waals surface area contributed by atoms with E-state index in [9.17, 15) is 0 Å². The highest BCUT2D eigenvalue weighted by atomic mass is 32.1. The zero-order valence-electron chi connectivity index (χ0n) is 12.0. The molecule has 1 aromatic heterocycles. The Morgan fingerprint density at radius 3 is 2.58 bits per heavy atom. The second kappa shape index (κ2) is 5.45. The molecule has 0 aliphatic heterocycles. The summed E-state index contributed by atoms with van der Waals surface area (Å²) in [4.78, 5) is 7.18. The Bertz CT molecular complexity index is 460. The van der Waals surface area contributed by atoms with Crippen LogP contribution in [0.5, 0.6) is 0 Å². The van der Waals surface area contributed by atoms with Gasteiger partial charge in [-0.2, -0.15) is 0 Å². The van der Waals surface area contributed by atoms with Gasteiger partial charge < -0.3 is 10.6 Å². The summed E-state index contributed by atoms with van der Waals surface area (Å²) in [5.41, 5.74) is 6.84. The van der Waals surface area contributed by atoms with Crippen LogP contribution >= 0.6 is 12.2 Å². The Balaban J connectivity index is 2.10. The zero-order chi connectivity index (χ0) is 14.0. The molecule has 19 heavy (non-hydrogen) atoms. The number of hydrogen-bond acceptors (Lipinski definition) is 3. The lowest BCUT2D eigenvalue weighted by atomic mass is 9.75. The first-order chi connectivity index (χ1) is 8.89. The van der Waals surface area contributed by atoms with E-state index in [0.717, 1.165) is 5.82 Å². The lowest BCUT2D eigenvalue weighted by Crippen LogP contribution is -2.37. The molecule has 0 aromatic carbocycles. The van der Waals surface area contributed by atoms with Crippen molar-refractivity contribution in [2.45, 2.75) is 45.6 Å². The van der Waals surface area contributed by atoms with Gasteiger partial charge in [0.1, 0.15) is 10.8 Å². The first kappa shape index (κ1) is 14.3. The van der Waals surface area contributed by atoms with Gasteiger partial charge in [0.2, 0.25) is 0 Å². The number of nitrogens with zero attached hydrogens (tertiary/aromatic N) is 2. The van der Waals surface area contributed by atoms with Crippen molar-refractivity contribution in [3.8, 4) is 0 Å². The molecule has 1 aromatic rings. The van der Waals surface area contributed by atoms with Gasteiger partial charge in [0.15, 0.2) is 0 Å². The number of anilines is 1. The van der Waals surface area contributed by atoms with Crippen LogP contribution in [0.15, 0.2) is 18.2 Å². The molecule has 4 heteroatoms. The minimum absolute atomic E-state index is 0.361. The summed E-state index contributed by atoms with van der Waals surface area (Å²) in [5, 5.41) is 0. The van der Waals surface area contributed by atoms with Crippen LogP contribution in [0.1, 0.15) is 45.2 Å². The fourth-order valence-corrected chi connectivity index (χ4v) is 2.83. The molecule has 104 valence electrons. The number of pyridine rings is 1. The van der Waals surface area contributed by atoms with E-state index in [2.05, 4.69) is 30.8 Å². The largest absolute Gasteiger partial charge is 0.388 e. The maximum Gasteiger partial charge on any atom is 0.129 e. The van der Waals surface area contributed by atoms with E-state index in [1.165, 1.54) is 25.7 Å². The maximum absolute atomic E-state index is 5.65. The summed E-state index contributed by atoms with van der Waals surface area (Å²) in [6.07, 6.45) is 5.00. The molecule has 0 atom stereocenters. The highest BCUT2D eigenvalue weighted by Gasteiger charge is 2.29. The van der Waals surface area contributed by atoms with E-state index in [-0.39, 0.29) is 0 Å². The predicted molar refractivity (Wildman–Crippen MR) is 84.6 cm³/mol. The highest BCUT2D eigenvalue weighted by molar-refractivity contribution is 7.80. The fraction of sp³-hybridized carbons (Fsp3) is 0.600. The van der Waals surface area contributed by atoms with Gasteiger partial charge in [-0.1, -0.05) is 32.1 Å². The van der Waals surface area contributed by atoms with Gasteiger partial charge in [-0.05, 0) is 43.2 Å². The van der Waals surface area contributed by atoms with Crippen LogP contribution in [0.3, 0.4) is 0 Å². The molecule has 1 saturated carbocycles. The van der Waals surface area contributed by atoms with Crippen molar-refractivity contribution >= 4 is 23.0 Å². The molecule has 1 fully saturated rings. The van der Waals surface area contributed by atoms with Gasteiger partial charge in [0.05, 0.1) is 5.69 Å². The van der Waals surface area contributed by atoms with Crippen LogP contribution in [0.25, 0.3) is 0 Å². The maximum atomic E-state index is 5.65. The standard InChI is InChI=1S/C15H23N3S/c1-15(2)9-7-11(8-10-15)18(3)13-6-4-5-12(17-13)14(16)19/h4-6,11H,7-10H2,1-3H3,(H2,16,19). The van der Waals surface area contributed by atoms with Gasteiger partial charge in [0, 0.05) is 13.1 Å². The van der Waals surface area contributed by atoms with Crippen LogP contribution in [-0.4, -0.2) is 23.1 Å². The molecule has 1 aliphatic rings. The number of nitrogens with two attached hydrogens (primary N) is 1. The quantitative estimate of drug-likeness (QED) is 0.862. The third-order valence-corrected chi connectivity index (χ3v) is 4.41. The van der Waals surface area contributed by atoms with Crippen molar-refractivity contribution < 1.29 is 0 Å². The summed E-state index contributed by atoms with van der Waals surface area (Å²) in [5.74, 6) is 0.968. The monoisotopic (exact) mass is 277 g/mol. The molecule has 3 nitrogen and oxygen atoms in total. The third kappa shape index (κ3) is 3.44. The smallest absolute Gasteiger partial charge is 0.129 e. The van der Waals surface area contributed by atoms with E-state index in [1.807, 2.05) is 18.2 Å². The average Bonchev–Trinajstić information content (AvgIpc) is 2.38. The predicted octanol–water partition coefficient (Wildman–Crippen LogP) is 3.12. The lowest BCUT2D eigenvalue weighted by Gasteiger charge is -2.39. The Labute approximate surface area is 121 Å². The molecule has 0 radical (unpaired) electrons. The normalized spacial score (nSPS) is 19.1. The van der Waals surface area contributed by atoms with Gasteiger partial charge in [-0.25, -0.2) is 4.98 Å². The average molecular weight is 277 g/mol. The minimum Gasteiger partial charge on any atom is -0.388 e. The van der Waals surface area contributed by atoms with E-state index >= 15 is 0 Å². The van der Waals surface area contributed by atoms with Crippen LogP contribution in [0.4, 0.5) is 5.82 Å². The summed E-state index contributed by atoms with van der Waals surface area (Å²) in [6, 6.07) is 6.44. The Morgan fingerprint density at radius 2 is 2.00 bits per heavy atom. The van der Waals surface area contributed by atoms with Crippen LogP contribution in [0.2, 0.25) is 0 Å². The first-order valence-corrected chi connectivity index (χ1v) is 7.29. The van der Waals surface area contributed by atoms with E-state index < -0.39 is 0 Å². The third-order valence-electron chi connectivity index (χ3n) is 4.20. The lowest BCUT2D eigenvalue weighted by molar-refractivity contribution is 0.222. The second-order valence-electron chi connectivity index (χ2n) is 6.25. The number of thiocarbonyl (C=S) groups is 1. The molecule has 1 aliphatic carbocycles. The fourth-order valence-electron chi connectivity index (χ4n) is 2.72. The van der Waals surface area contributed by atoms with E-state index in [4.69, 9.17) is 18.0 Å². The van der Waals surface area contributed by atoms with Crippen molar-refractivity contribution in [1.82, 2.24) is 4.98 Å². The zero-order valence-corrected chi connectivity index (χ0v) is 12.8. The van der Waals surface area contributed by atoms with Crippen molar-refractivity contribution in [3.05, 3.63) is 23.9 Å². The molecule has 2 rings (SSSR count). The summed E-state index contributed by atoms with van der Waals surface area (Å²) < 4.78 is 0. The van der Waals surface area contributed by atoms with E-state index in [1.54, 1.807) is 0 Å². The van der Waals surface area contributed by atoms with Gasteiger partial charge in [0.25, 0.3) is 0 Å². The van der Waals surface area contributed by atoms with Gasteiger partial charge >= 0.3 is 0 Å². The molecular formula is C15H23N3S. The Kier molecular flexibility index (Phi) is 4.09. The molecule has 2 N–H and O–H groups in total.